The second-order valence-electron chi connectivity index (χ2n) is 3.24. The normalized spacial score (nSPS) is 10.6. The standard InChI is InChI=1S/C9H10ClN5O/c1-2-3-5(16)13-9-14-7(10)6-8(15-9)12-4-11-6/h4H,2-3H2,1H3,(H2,11,12,13,14,15,16). The Kier molecular flexibility index (Phi) is 3.00. The van der Waals surface area contributed by atoms with Crippen LogP contribution in [0.4, 0.5) is 5.95 Å². The molecule has 0 fully saturated rings. The molecule has 0 aliphatic rings. The smallest absolute Gasteiger partial charge is 0.233 e. The molecule has 0 spiro atoms. The number of amides is 1. The lowest BCUT2D eigenvalue weighted by atomic mass is 10.3. The van der Waals surface area contributed by atoms with E-state index in [1.165, 1.54) is 6.33 Å². The van der Waals surface area contributed by atoms with Gasteiger partial charge in [0.1, 0.15) is 5.52 Å². The monoisotopic (exact) mass is 239 g/mol. The third-order valence-corrected chi connectivity index (χ3v) is 2.24. The molecule has 7 heteroatoms. The Morgan fingerprint density at radius 1 is 1.56 bits per heavy atom. The van der Waals surface area contributed by atoms with E-state index in [9.17, 15) is 4.79 Å². The molecule has 0 atom stereocenters. The van der Waals surface area contributed by atoms with E-state index in [1.54, 1.807) is 0 Å². The Labute approximate surface area is 96.5 Å². The first-order chi connectivity index (χ1) is 7.70. The molecule has 2 aromatic rings. The number of nitrogens with zero attached hydrogens (tertiary/aromatic N) is 3. The van der Waals surface area contributed by atoms with Crippen LogP contribution in [0.2, 0.25) is 5.15 Å². The number of hydrogen-bond donors (Lipinski definition) is 2. The van der Waals surface area contributed by atoms with Gasteiger partial charge in [-0.2, -0.15) is 9.97 Å². The van der Waals surface area contributed by atoms with E-state index in [-0.39, 0.29) is 17.0 Å². The number of aromatic amines is 1. The van der Waals surface area contributed by atoms with Crippen molar-refractivity contribution in [2.75, 3.05) is 5.32 Å². The molecule has 6 nitrogen and oxygen atoms in total. The summed E-state index contributed by atoms with van der Waals surface area (Å²) in [6.45, 7) is 1.92. The number of H-pyrrole nitrogens is 1. The number of halogens is 1. The average molecular weight is 240 g/mol. The molecule has 0 aliphatic carbocycles. The lowest BCUT2D eigenvalue weighted by Gasteiger charge is -2.02. The number of carbonyl (C=O) groups is 1. The van der Waals surface area contributed by atoms with Crippen molar-refractivity contribution in [1.29, 1.82) is 0 Å². The zero-order chi connectivity index (χ0) is 11.5. The Hall–Kier alpha value is -1.69. The molecule has 84 valence electrons. The highest BCUT2D eigenvalue weighted by molar-refractivity contribution is 6.33. The number of hydrogen-bond acceptors (Lipinski definition) is 4. The van der Waals surface area contributed by atoms with Crippen LogP contribution in [-0.2, 0) is 4.79 Å². The van der Waals surface area contributed by atoms with E-state index in [0.717, 1.165) is 6.42 Å². The van der Waals surface area contributed by atoms with Crippen LogP contribution >= 0.6 is 11.6 Å². The van der Waals surface area contributed by atoms with Gasteiger partial charge in [-0.25, -0.2) is 4.98 Å². The van der Waals surface area contributed by atoms with Crippen LogP contribution in [0.1, 0.15) is 19.8 Å². The molecule has 0 aromatic carbocycles. The highest BCUT2D eigenvalue weighted by Crippen LogP contribution is 2.18. The van der Waals surface area contributed by atoms with Gasteiger partial charge in [-0.1, -0.05) is 18.5 Å². The fourth-order valence-corrected chi connectivity index (χ4v) is 1.49. The van der Waals surface area contributed by atoms with E-state index < -0.39 is 0 Å². The topological polar surface area (TPSA) is 83.6 Å². The van der Waals surface area contributed by atoms with Gasteiger partial charge < -0.3 is 4.98 Å². The molecular formula is C9H10ClN5O. The van der Waals surface area contributed by atoms with E-state index in [1.807, 2.05) is 6.92 Å². The van der Waals surface area contributed by atoms with Crippen molar-refractivity contribution in [1.82, 2.24) is 19.9 Å². The third kappa shape index (κ3) is 2.11. The quantitative estimate of drug-likeness (QED) is 0.800. The van der Waals surface area contributed by atoms with Crippen LogP contribution in [0, 0.1) is 0 Å². The molecule has 2 aromatic heterocycles. The summed E-state index contributed by atoms with van der Waals surface area (Å²) in [5, 5.41) is 2.81. The predicted molar refractivity (Wildman–Crippen MR) is 60.2 cm³/mol. The first-order valence-corrected chi connectivity index (χ1v) is 5.25. The Morgan fingerprint density at radius 2 is 2.38 bits per heavy atom. The molecule has 16 heavy (non-hydrogen) atoms. The van der Waals surface area contributed by atoms with Crippen LogP contribution < -0.4 is 5.32 Å². The van der Waals surface area contributed by atoms with Crippen molar-refractivity contribution < 1.29 is 4.79 Å². The lowest BCUT2D eigenvalue weighted by molar-refractivity contribution is -0.116. The fraction of sp³-hybridized carbons (Fsp3) is 0.333. The molecule has 0 saturated carbocycles. The third-order valence-electron chi connectivity index (χ3n) is 1.97. The second kappa shape index (κ2) is 4.44. The van der Waals surface area contributed by atoms with Gasteiger partial charge in [0.05, 0.1) is 6.33 Å². The number of nitrogens with one attached hydrogen (secondary N) is 2. The van der Waals surface area contributed by atoms with Crippen molar-refractivity contribution in [3.8, 4) is 0 Å². The maximum absolute atomic E-state index is 11.3. The van der Waals surface area contributed by atoms with E-state index in [2.05, 4.69) is 25.3 Å². The first-order valence-electron chi connectivity index (χ1n) is 4.87. The van der Waals surface area contributed by atoms with Crippen LogP contribution in [0.25, 0.3) is 11.2 Å². The van der Waals surface area contributed by atoms with Crippen LogP contribution in [0.15, 0.2) is 6.33 Å². The highest BCUT2D eigenvalue weighted by Gasteiger charge is 2.09. The van der Waals surface area contributed by atoms with Gasteiger partial charge in [-0.3, -0.25) is 10.1 Å². The van der Waals surface area contributed by atoms with Gasteiger partial charge in [0, 0.05) is 6.42 Å². The summed E-state index contributed by atoms with van der Waals surface area (Å²) < 4.78 is 0. The molecule has 0 radical (unpaired) electrons. The number of anilines is 1. The Bertz CT molecular complexity index is 524. The van der Waals surface area contributed by atoms with E-state index in [0.29, 0.717) is 17.6 Å². The van der Waals surface area contributed by atoms with Gasteiger partial charge in [0.2, 0.25) is 11.9 Å². The molecule has 0 unspecified atom stereocenters. The maximum Gasteiger partial charge on any atom is 0.233 e. The fourth-order valence-electron chi connectivity index (χ4n) is 1.27. The maximum atomic E-state index is 11.3. The van der Waals surface area contributed by atoms with Crippen LogP contribution in [0.5, 0.6) is 0 Å². The second-order valence-corrected chi connectivity index (χ2v) is 3.60. The zero-order valence-electron chi connectivity index (χ0n) is 8.62. The number of imidazole rings is 1. The van der Waals surface area contributed by atoms with Crippen molar-refractivity contribution in [3.05, 3.63) is 11.5 Å². The number of fused-ring (bicyclic) bond motifs is 1. The van der Waals surface area contributed by atoms with Gasteiger partial charge in [-0.15, -0.1) is 0 Å². The summed E-state index contributed by atoms with van der Waals surface area (Å²) in [5.41, 5.74) is 1.00. The SMILES string of the molecule is CCCC(=O)Nc1nc(Cl)c2[nH]cnc2n1. The van der Waals surface area contributed by atoms with Crippen LogP contribution in [0.3, 0.4) is 0 Å². The van der Waals surface area contributed by atoms with Gasteiger partial charge in [0.15, 0.2) is 10.8 Å². The van der Waals surface area contributed by atoms with Crippen molar-refractivity contribution >= 4 is 34.6 Å². The zero-order valence-corrected chi connectivity index (χ0v) is 9.38. The summed E-state index contributed by atoms with van der Waals surface area (Å²) in [6, 6.07) is 0. The first kappa shape index (κ1) is 10.8. The number of carbonyl (C=O) groups excluding carboxylic acids is 1. The minimum Gasteiger partial charge on any atom is -0.341 e. The molecule has 0 bridgehead atoms. The molecular weight excluding hydrogens is 230 g/mol. The Morgan fingerprint density at radius 3 is 3.12 bits per heavy atom. The summed E-state index contributed by atoms with van der Waals surface area (Å²) in [7, 11) is 0. The number of rotatable bonds is 3. The van der Waals surface area contributed by atoms with Gasteiger partial charge in [0.25, 0.3) is 0 Å². The van der Waals surface area contributed by atoms with Crippen LogP contribution in [-0.4, -0.2) is 25.8 Å². The molecule has 2 heterocycles. The summed E-state index contributed by atoms with van der Waals surface area (Å²) in [5.74, 6) is 0.0523. The summed E-state index contributed by atoms with van der Waals surface area (Å²) in [6.07, 6.45) is 2.67. The molecule has 2 N–H and O–H groups in total. The largest absolute Gasteiger partial charge is 0.341 e. The lowest BCUT2D eigenvalue weighted by Crippen LogP contribution is -2.13. The van der Waals surface area contributed by atoms with Gasteiger partial charge in [-0.05, 0) is 6.42 Å². The minimum atomic E-state index is -0.131. The Balaban J connectivity index is 2.28. The average Bonchev–Trinajstić information content (AvgIpc) is 2.66. The van der Waals surface area contributed by atoms with Crippen molar-refractivity contribution in [2.24, 2.45) is 0 Å². The summed E-state index contributed by atoms with van der Waals surface area (Å²) >= 11 is 5.89. The highest BCUT2D eigenvalue weighted by atomic mass is 35.5. The van der Waals surface area contributed by atoms with E-state index >= 15 is 0 Å². The summed E-state index contributed by atoms with van der Waals surface area (Å²) in [4.78, 5) is 26.1. The predicted octanol–water partition coefficient (Wildman–Crippen LogP) is 1.74. The molecule has 0 aliphatic heterocycles. The minimum absolute atomic E-state index is 0.131. The molecule has 0 saturated heterocycles. The van der Waals surface area contributed by atoms with Crippen molar-refractivity contribution in [2.45, 2.75) is 19.8 Å². The van der Waals surface area contributed by atoms with E-state index in [4.69, 9.17) is 11.6 Å². The van der Waals surface area contributed by atoms with Crippen molar-refractivity contribution in [3.63, 3.8) is 0 Å². The molecule has 1 amide bonds. The van der Waals surface area contributed by atoms with Gasteiger partial charge >= 0.3 is 0 Å². The number of aromatic nitrogens is 4. The molecule has 2 rings (SSSR count).